The van der Waals surface area contributed by atoms with Gasteiger partial charge in [0.05, 0.1) is 4.92 Å². The van der Waals surface area contributed by atoms with Crippen LogP contribution in [0.2, 0.25) is 0 Å². The van der Waals surface area contributed by atoms with Gasteiger partial charge in [-0.05, 0) is 26.1 Å². The van der Waals surface area contributed by atoms with Crippen molar-refractivity contribution in [2.45, 2.75) is 19.0 Å². The summed E-state index contributed by atoms with van der Waals surface area (Å²) in [4.78, 5) is 14.9. The molecule has 6 nitrogen and oxygen atoms in total. The molecular formula is C13H20N4O2. The minimum atomic E-state index is -0.425. The first-order chi connectivity index (χ1) is 8.99. The smallest absolute Gasteiger partial charge is 0.292 e. The molecule has 0 amide bonds. The molecule has 1 saturated heterocycles. The molecule has 1 atom stereocenters. The Morgan fingerprint density at radius 1 is 1.53 bits per heavy atom. The number of nitrogens with two attached hydrogens (primary N) is 1. The first-order valence-electron chi connectivity index (χ1n) is 6.39. The van der Waals surface area contributed by atoms with Gasteiger partial charge in [-0.1, -0.05) is 12.1 Å². The Kier molecular flexibility index (Phi) is 4.01. The van der Waals surface area contributed by atoms with E-state index in [0.717, 1.165) is 25.1 Å². The standard InChI is InChI=1S/C13H20N4O2/c1-15(2)11-6-7-16(9-11)8-10-4-3-5-12(13(10)14)17(18)19/h3-5,11H,6-9,14H2,1-2H3. The van der Waals surface area contributed by atoms with Crippen LogP contribution >= 0.6 is 0 Å². The Bertz CT molecular complexity index is 476. The first kappa shape index (κ1) is 13.8. The number of rotatable bonds is 4. The highest BCUT2D eigenvalue weighted by atomic mass is 16.6. The van der Waals surface area contributed by atoms with Gasteiger partial charge >= 0.3 is 0 Å². The van der Waals surface area contributed by atoms with Crippen molar-refractivity contribution in [3.05, 3.63) is 33.9 Å². The lowest BCUT2D eigenvalue weighted by Gasteiger charge is -2.20. The van der Waals surface area contributed by atoms with Gasteiger partial charge in [0.2, 0.25) is 0 Å². The van der Waals surface area contributed by atoms with Crippen LogP contribution in [0, 0.1) is 10.1 Å². The summed E-state index contributed by atoms with van der Waals surface area (Å²) in [5.74, 6) is 0. The van der Waals surface area contributed by atoms with E-state index in [1.807, 2.05) is 6.07 Å². The third-order valence-electron chi connectivity index (χ3n) is 3.74. The molecule has 0 aliphatic carbocycles. The molecule has 1 heterocycles. The van der Waals surface area contributed by atoms with Crippen LogP contribution < -0.4 is 5.73 Å². The summed E-state index contributed by atoms with van der Waals surface area (Å²) in [5, 5.41) is 10.9. The molecule has 1 aromatic rings. The second-order valence-electron chi connectivity index (χ2n) is 5.25. The van der Waals surface area contributed by atoms with E-state index < -0.39 is 4.92 Å². The molecule has 1 fully saturated rings. The van der Waals surface area contributed by atoms with E-state index in [4.69, 9.17) is 5.73 Å². The highest BCUT2D eigenvalue weighted by Crippen LogP contribution is 2.27. The molecule has 1 unspecified atom stereocenters. The Morgan fingerprint density at radius 2 is 2.26 bits per heavy atom. The molecule has 0 radical (unpaired) electrons. The van der Waals surface area contributed by atoms with Crippen molar-refractivity contribution >= 4 is 11.4 Å². The van der Waals surface area contributed by atoms with E-state index >= 15 is 0 Å². The van der Waals surface area contributed by atoms with Crippen molar-refractivity contribution in [3.63, 3.8) is 0 Å². The van der Waals surface area contributed by atoms with Crippen molar-refractivity contribution in [2.24, 2.45) is 0 Å². The van der Waals surface area contributed by atoms with E-state index in [1.165, 1.54) is 6.07 Å². The van der Waals surface area contributed by atoms with Crippen molar-refractivity contribution in [2.75, 3.05) is 32.9 Å². The predicted molar refractivity (Wildman–Crippen MR) is 74.9 cm³/mol. The molecular weight excluding hydrogens is 244 g/mol. The Hall–Kier alpha value is -1.66. The monoisotopic (exact) mass is 264 g/mol. The zero-order valence-corrected chi connectivity index (χ0v) is 11.4. The number of likely N-dealkylation sites (tertiary alicyclic amines) is 1. The van der Waals surface area contributed by atoms with Crippen LogP contribution in [0.3, 0.4) is 0 Å². The summed E-state index contributed by atoms with van der Waals surface area (Å²) in [6, 6.07) is 5.57. The van der Waals surface area contributed by atoms with Gasteiger partial charge < -0.3 is 10.6 Å². The fraction of sp³-hybridized carbons (Fsp3) is 0.538. The third-order valence-corrected chi connectivity index (χ3v) is 3.74. The molecule has 1 aromatic carbocycles. The maximum atomic E-state index is 10.9. The summed E-state index contributed by atoms with van der Waals surface area (Å²) in [6.07, 6.45) is 1.13. The van der Waals surface area contributed by atoms with Gasteiger partial charge in [0.15, 0.2) is 0 Å². The average Bonchev–Trinajstić information content (AvgIpc) is 2.80. The number of anilines is 1. The Labute approximate surface area is 112 Å². The summed E-state index contributed by atoms with van der Waals surface area (Å²) in [5.41, 5.74) is 7.01. The number of likely N-dealkylation sites (N-methyl/N-ethyl adjacent to an activating group) is 1. The fourth-order valence-corrected chi connectivity index (χ4v) is 2.51. The number of benzene rings is 1. The van der Waals surface area contributed by atoms with Crippen molar-refractivity contribution in [1.29, 1.82) is 0 Å². The second kappa shape index (κ2) is 5.54. The number of nitrogen functional groups attached to an aromatic ring is 1. The van der Waals surface area contributed by atoms with Gasteiger partial charge in [-0.3, -0.25) is 15.0 Å². The van der Waals surface area contributed by atoms with Crippen LogP contribution in [-0.4, -0.2) is 47.9 Å². The van der Waals surface area contributed by atoms with Crippen LogP contribution in [0.4, 0.5) is 11.4 Å². The number of hydrogen-bond acceptors (Lipinski definition) is 5. The normalized spacial score (nSPS) is 20.1. The molecule has 1 aliphatic heterocycles. The van der Waals surface area contributed by atoms with Crippen molar-refractivity contribution in [1.82, 2.24) is 9.80 Å². The summed E-state index contributed by atoms with van der Waals surface area (Å²) >= 11 is 0. The number of nitro groups is 1. The summed E-state index contributed by atoms with van der Waals surface area (Å²) in [7, 11) is 4.16. The fourth-order valence-electron chi connectivity index (χ4n) is 2.51. The molecule has 1 aliphatic rings. The zero-order valence-electron chi connectivity index (χ0n) is 11.4. The van der Waals surface area contributed by atoms with Gasteiger partial charge in [-0.25, -0.2) is 0 Å². The van der Waals surface area contributed by atoms with E-state index in [-0.39, 0.29) is 5.69 Å². The molecule has 2 N–H and O–H groups in total. The summed E-state index contributed by atoms with van der Waals surface area (Å²) in [6.45, 7) is 2.66. The van der Waals surface area contributed by atoms with Gasteiger partial charge in [0, 0.05) is 31.7 Å². The molecule has 0 spiro atoms. The number of hydrogen-bond donors (Lipinski definition) is 1. The van der Waals surface area contributed by atoms with Crippen LogP contribution in [-0.2, 0) is 6.54 Å². The Balaban J connectivity index is 2.08. The van der Waals surface area contributed by atoms with Crippen LogP contribution in [0.5, 0.6) is 0 Å². The minimum Gasteiger partial charge on any atom is -0.393 e. The van der Waals surface area contributed by atoms with Gasteiger partial charge in [0.25, 0.3) is 5.69 Å². The van der Waals surface area contributed by atoms with E-state index in [9.17, 15) is 10.1 Å². The Morgan fingerprint density at radius 3 is 2.84 bits per heavy atom. The molecule has 0 bridgehead atoms. The van der Waals surface area contributed by atoms with Gasteiger partial charge in [-0.15, -0.1) is 0 Å². The zero-order chi connectivity index (χ0) is 14.0. The van der Waals surface area contributed by atoms with Gasteiger partial charge in [0.1, 0.15) is 5.69 Å². The number of nitro benzene ring substituents is 1. The second-order valence-corrected chi connectivity index (χ2v) is 5.25. The lowest BCUT2D eigenvalue weighted by Crippen LogP contribution is -2.31. The molecule has 0 saturated carbocycles. The molecule has 104 valence electrons. The maximum absolute atomic E-state index is 10.9. The van der Waals surface area contributed by atoms with Crippen molar-refractivity contribution < 1.29 is 4.92 Å². The van der Waals surface area contributed by atoms with Crippen LogP contribution in [0.25, 0.3) is 0 Å². The lowest BCUT2D eigenvalue weighted by atomic mass is 10.1. The first-order valence-corrected chi connectivity index (χ1v) is 6.39. The van der Waals surface area contributed by atoms with E-state index in [0.29, 0.717) is 18.3 Å². The molecule has 19 heavy (non-hydrogen) atoms. The largest absolute Gasteiger partial charge is 0.393 e. The maximum Gasteiger partial charge on any atom is 0.292 e. The van der Waals surface area contributed by atoms with E-state index in [2.05, 4.69) is 23.9 Å². The highest BCUT2D eigenvalue weighted by molar-refractivity contribution is 5.62. The third kappa shape index (κ3) is 3.02. The minimum absolute atomic E-state index is 0.000793. The topological polar surface area (TPSA) is 75.6 Å². The van der Waals surface area contributed by atoms with E-state index in [1.54, 1.807) is 6.07 Å². The highest BCUT2D eigenvalue weighted by Gasteiger charge is 2.25. The molecule has 2 rings (SSSR count). The van der Waals surface area contributed by atoms with Crippen molar-refractivity contribution in [3.8, 4) is 0 Å². The number of para-hydroxylation sites is 1. The summed E-state index contributed by atoms with van der Waals surface area (Å²) < 4.78 is 0. The quantitative estimate of drug-likeness (QED) is 0.504. The molecule has 6 heteroatoms. The molecule has 0 aromatic heterocycles. The van der Waals surface area contributed by atoms with Gasteiger partial charge in [-0.2, -0.15) is 0 Å². The van der Waals surface area contributed by atoms with Crippen LogP contribution in [0.1, 0.15) is 12.0 Å². The number of nitrogens with zero attached hydrogens (tertiary/aromatic N) is 3. The van der Waals surface area contributed by atoms with Crippen LogP contribution in [0.15, 0.2) is 18.2 Å². The SMILES string of the molecule is CN(C)C1CCN(Cc2cccc([N+](=O)[O-])c2N)C1. The predicted octanol–water partition coefficient (Wildman–Crippen LogP) is 1.31. The lowest BCUT2D eigenvalue weighted by molar-refractivity contribution is -0.384. The average molecular weight is 264 g/mol.